The van der Waals surface area contributed by atoms with E-state index < -0.39 is 0 Å². The second kappa shape index (κ2) is 6.00. The highest BCUT2D eigenvalue weighted by atomic mass is 16.2. The zero-order valence-corrected chi connectivity index (χ0v) is 10.5. The monoisotopic (exact) mass is 243 g/mol. The first-order chi connectivity index (χ1) is 8.79. The van der Waals surface area contributed by atoms with E-state index in [-0.39, 0.29) is 5.91 Å². The first-order valence-electron chi connectivity index (χ1n) is 6.07. The minimum absolute atomic E-state index is 0.111. The Balaban J connectivity index is 1.98. The van der Waals surface area contributed by atoms with Crippen molar-refractivity contribution in [1.82, 2.24) is 14.5 Å². The van der Waals surface area contributed by atoms with Gasteiger partial charge in [-0.1, -0.05) is 30.3 Å². The fourth-order valence-corrected chi connectivity index (χ4v) is 1.82. The molecule has 0 aliphatic heterocycles. The molecule has 0 spiro atoms. The van der Waals surface area contributed by atoms with E-state index in [1.54, 1.807) is 23.3 Å². The minimum Gasteiger partial charge on any atom is -0.337 e. The lowest BCUT2D eigenvalue weighted by molar-refractivity contribution is -0.132. The number of likely N-dealkylation sites (N-methyl/N-ethyl adjacent to an activating group) is 1. The fourth-order valence-electron chi connectivity index (χ4n) is 1.82. The van der Waals surface area contributed by atoms with Crippen LogP contribution in [0.4, 0.5) is 0 Å². The number of aromatic nitrogens is 2. The van der Waals surface area contributed by atoms with Crippen molar-refractivity contribution < 1.29 is 4.79 Å². The molecule has 18 heavy (non-hydrogen) atoms. The number of carbonyl (C=O) groups excluding carboxylic acids is 1. The highest BCUT2D eigenvalue weighted by molar-refractivity contribution is 5.75. The number of imidazole rings is 1. The number of carbonyl (C=O) groups is 1. The van der Waals surface area contributed by atoms with E-state index in [9.17, 15) is 4.79 Å². The highest BCUT2D eigenvalue weighted by Gasteiger charge is 2.12. The SMILES string of the molecule is CCN(Cc1ccccc1)C(=O)Cn1ccnc1. The van der Waals surface area contributed by atoms with Crippen molar-refractivity contribution in [3.63, 3.8) is 0 Å². The van der Waals surface area contributed by atoms with Crippen molar-refractivity contribution in [3.05, 3.63) is 54.6 Å². The van der Waals surface area contributed by atoms with Crippen LogP contribution in [0.3, 0.4) is 0 Å². The molecule has 1 amide bonds. The summed E-state index contributed by atoms with van der Waals surface area (Å²) in [6.07, 6.45) is 5.14. The van der Waals surface area contributed by atoms with Crippen LogP contribution in [0.5, 0.6) is 0 Å². The van der Waals surface area contributed by atoms with Gasteiger partial charge in [0.15, 0.2) is 0 Å². The van der Waals surface area contributed by atoms with Crippen molar-refractivity contribution in [2.75, 3.05) is 6.54 Å². The van der Waals surface area contributed by atoms with Crippen molar-refractivity contribution >= 4 is 5.91 Å². The maximum absolute atomic E-state index is 12.1. The molecule has 0 saturated carbocycles. The molecular weight excluding hydrogens is 226 g/mol. The fraction of sp³-hybridized carbons (Fsp3) is 0.286. The van der Waals surface area contributed by atoms with Crippen LogP contribution in [0.2, 0.25) is 0 Å². The second-order valence-corrected chi connectivity index (χ2v) is 4.13. The van der Waals surface area contributed by atoms with E-state index in [0.29, 0.717) is 19.6 Å². The van der Waals surface area contributed by atoms with E-state index in [0.717, 1.165) is 5.56 Å². The molecule has 0 bridgehead atoms. The number of nitrogens with zero attached hydrogens (tertiary/aromatic N) is 3. The molecule has 0 fully saturated rings. The van der Waals surface area contributed by atoms with Gasteiger partial charge in [-0.2, -0.15) is 0 Å². The molecule has 1 aromatic heterocycles. The molecule has 2 rings (SSSR count). The zero-order chi connectivity index (χ0) is 12.8. The minimum atomic E-state index is 0.111. The summed E-state index contributed by atoms with van der Waals surface area (Å²) in [5.74, 6) is 0.111. The van der Waals surface area contributed by atoms with Crippen LogP contribution in [0.25, 0.3) is 0 Å². The molecular formula is C14H17N3O. The predicted molar refractivity (Wildman–Crippen MR) is 69.8 cm³/mol. The Bertz CT molecular complexity index is 479. The third-order valence-electron chi connectivity index (χ3n) is 2.83. The lowest BCUT2D eigenvalue weighted by atomic mass is 10.2. The summed E-state index contributed by atoms with van der Waals surface area (Å²) in [5.41, 5.74) is 1.15. The normalized spacial score (nSPS) is 10.3. The Morgan fingerprint density at radius 2 is 2.11 bits per heavy atom. The topological polar surface area (TPSA) is 38.1 Å². The van der Waals surface area contributed by atoms with E-state index in [4.69, 9.17) is 0 Å². The van der Waals surface area contributed by atoms with Crippen molar-refractivity contribution in [2.45, 2.75) is 20.0 Å². The van der Waals surface area contributed by atoms with Gasteiger partial charge >= 0.3 is 0 Å². The summed E-state index contributed by atoms with van der Waals surface area (Å²) >= 11 is 0. The Morgan fingerprint density at radius 1 is 1.33 bits per heavy atom. The van der Waals surface area contributed by atoms with Gasteiger partial charge in [-0.15, -0.1) is 0 Å². The summed E-state index contributed by atoms with van der Waals surface area (Å²) in [6, 6.07) is 10.0. The van der Waals surface area contributed by atoms with Gasteiger partial charge in [0.25, 0.3) is 0 Å². The van der Waals surface area contributed by atoms with Crippen LogP contribution in [-0.2, 0) is 17.9 Å². The van der Waals surface area contributed by atoms with E-state index in [2.05, 4.69) is 4.98 Å². The first kappa shape index (κ1) is 12.4. The van der Waals surface area contributed by atoms with Gasteiger partial charge in [0, 0.05) is 25.5 Å². The Hall–Kier alpha value is -2.10. The summed E-state index contributed by atoms with van der Waals surface area (Å²) in [5, 5.41) is 0. The van der Waals surface area contributed by atoms with E-state index >= 15 is 0 Å². The summed E-state index contributed by atoms with van der Waals surface area (Å²) < 4.78 is 1.79. The largest absolute Gasteiger partial charge is 0.337 e. The van der Waals surface area contributed by atoms with Crippen molar-refractivity contribution in [1.29, 1.82) is 0 Å². The zero-order valence-electron chi connectivity index (χ0n) is 10.5. The Labute approximate surface area is 107 Å². The van der Waals surface area contributed by atoms with Gasteiger partial charge < -0.3 is 9.47 Å². The van der Waals surface area contributed by atoms with Crippen LogP contribution in [-0.4, -0.2) is 26.9 Å². The Kier molecular flexibility index (Phi) is 4.12. The van der Waals surface area contributed by atoms with Crippen LogP contribution >= 0.6 is 0 Å². The predicted octanol–water partition coefficient (Wildman–Crippen LogP) is 1.93. The van der Waals surface area contributed by atoms with Gasteiger partial charge in [-0.05, 0) is 12.5 Å². The lowest BCUT2D eigenvalue weighted by Gasteiger charge is -2.21. The maximum atomic E-state index is 12.1. The standard InChI is InChI=1S/C14H17N3O/c1-2-17(10-13-6-4-3-5-7-13)14(18)11-16-9-8-15-12-16/h3-9,12H,2,10-11H2,1H3. The number of amides is 1. The molecule has 0 unspecified atom stereocenters. The van der Waals surface area contributed by atoms with Gasteiger partial charge in [-0.3, -0.25) is 4.79 Å². The summed E-state index contributed by atoms with van der Waals surface area (Å²) in [4.78, 5) is 17.9. The summed E-state index contributed by atoms with van der Waals surface area (Å²) in [6.45, 7) is 3.71. The number of benzene rings is 1. The number of rotatable bonds is 5. The molecule has 1 heterocycles. The molecule has 2 aromatic rings. The molecule has 4 nitrogen and oxygen atoms in total. The molecule has 0 saturated heterocycles. The van der Waals surface area contributed by atoms with E-state index in [1.165, 1.54) is 0 Å². The molecule has 0 atom stereocenters. The van der Waals surface area contributed by atoms with Crippen molar-refractivity contribution in [2.24, 2.45) is 0 Å². The molecule has 0 aliphatic carbocycles. The number of hydrogen-bond acceptors (Lipinski definition) is 2. The third kappa shape index (κ3) is 3.20. The van der Waals surface area contributed by atoms with Crippen LogP contribution in [0.15, 0.2) is 49.1 Å². The summed E-state index contributed by atoms with van der Waals surface area (Å²) in [7, 11) is 0. The quantitative estimate of drug-likeness (QED) is 0.804. The molecule has 0 aliphatic rings. The third-order valence-corrected chi connectivity index (χ3v) is 2.83. The lowest BCUT2D eigenvalue weighted by Crippen LogP contribution is -2.33. The first-order valence-corrected chi connectivity index (χ1v) is 6.07. The maximum Gasteiger partial charge on any atom is 0.242 e. The van der Waals surface area contributed by atoms with Gasteiger partial charge in [0.05, 0.1) is 6.33 Å². The van der Waals surface area contributed by atoms with Gasteiger partial charge in [0.1, 0.15) is 6.54 Å². The second-order valence-electron chi connectivity index (χ2n) is 4.13. The molecule has 0 radical (unpaired) electrons. The van der Waals surface area contributed by atoms with E-state index in [1.807, 2.05) is 42.2 Å². The molecule has 0 N–H and O–H groups in total. The number of hydrogen-bond donors (Lipinski definition) is 0. The van der Waals surface area contributed by atoms with Crippen LogP contribution in [0, 0.1) is 0 Å². The molecule has 4 heteroatoms. The molecule has 94 valence electrons. The smallest absolute Gasteiger partial charge is 0.242 e. The molecule has 1 aromatic carbocycles. The van der Waals surface area contributed by atoms with Gasteiger partial charge in [0.2, 0.25) is 5.91 Å². The highest BCUT2D eigenvalue weighted by Crippen LogP contribution is 2.05. The average Bonchev–Trinajstić information content (AvgIpc) is 2.90. The average molecular weight is 243 g/mol. The van der Waals surface area contributed by atoms with Crippen LogP contribution < -0.4 is 0 Å². The Morgan fingerprint density at radius 3 is 2.72 bits per heavy atom. The van der Waals surface area contributed by atoms with Crippen molar-refractivity contribution in [3.8, 4) is 0 Å². The van der Waals surface area contributed by atoms with Gasteiger partial charge in [-0.25, -0.2) is 4.98 Å². The van der Waals surface area contributed by atoms with Crippen LogP contribution in [0.1, 0.15) is 12.5 Å².